The number of hydrogen-bond donors (Lipinski definition) is 2. The summed E-state index contributed by atoms with van der Waals surface area (Å²) in [5.41, 5.74) is 1.35. The van der Waals surface area contributed by atoms with Gasteiger partial charge in [0, 0.05) is 12.6 Å². The number of benzene rings is 1. The van der Waals surface area contributed by atoms with E-state index in [-0.39, 0.29) is 6.61 Å². The summed E-state index contributed by atoms with van der Waals surface area (Å²) in [5, 5.41) is 12.2. The topological polar surface area (TPSA) is 41.5 Å². The summed E-state index contributed by atoms with van der Waals surface area (Å²) >= 11 is 0. The van der Waals surface area contributed by atoms with Crippen LogP contribution in [-0.4, -0.2) is 31.5 Å². The maximum Gasteiger partial charge on any atom is 0.0698 e. The van der Waals surface area contributed by atoms with E-state index in [1.807, 2.05) is 0 Å². The molecule has 0 radical (unpaired) electrons. The van der Waals surface area contributed by atoms with Crippen LogP contribution in [0.2, 0.25) is 0 Å². The Morgan fingerprint density at radius 3 is 2.63 bits per heavy atom. The van der Waals surface area contributed by atoms with Gasteiger partial charge in [-0.2, -0.15) is 0 Å². The maximum absolute atomic E-state index is 8.65. The molecule has 0 saturated heterocycles. The normalized spacial score (nSPS) is 12.5. The first-order valence-corrected chi connectivity index (χ1v) is 7.35. The lowest BCUT2D eigenvalue weighted by atomic mass is 10.0. The molecule has 1 rings (SSSR count). The van der Waals surface area contributed by atoms with Crippen LogP contribution in [-0.2, 0) is 4.74 Å². The molecule has 1 aromatic rings. The summed E-state index contributed by atoms with van der Waals surface area (Å²) in [4.78, 5) is 0. The molecular formula is C16H27NO2. The van der Waals surface area contributed by atoms with Gasteiger partial charge in [0.05, 0.1) is 19.8 Å². The highest BCUT2D eigenvalue weighted by Crippen LogP contribution is 2.19. The van der Waals surface area contributed by atoms with Gasteiger partial charge in [-0.3, -0.25) is 0 Å². The number of hydrogen-bond acceptors (Lipinski definition) is 3. The minimum absolute atomic E-state index is 0.0958. The lowest BCUT2D eigenvalue weighted by Gasteiger charge is -2.19. The van der Waals surface area contributed by atoms with E-state index in [0.29, 0.717) is 19.3 Å². The van der Waals surface area contributed by atoms with E-state index in [0.717, 1.165) is 13.0 Å². The number of aliphatic hydroxyl groups excluding tert-OH is 1. The Morgan fingerprint density at radius 2 is 1.95 bits per heavy atom. The zero-order valence-corrected chi connectivity index (χ0v) is 12.0. The van der Waals surface area contributed by atoms with Gasteiger partial charge in [0.15, 0.2) is 0 Å². The highest BCUT2D eigenvalue weighted by molar-refractivity contribution is 5.18. The van der Waals surface area contributed by atoms with Crippen molar-refractivity contribution in [1.29, 1.82) is 0 Å². The molecule has 3 heteroatoms. The molecule has 0 fully saturated rings. The quantitative estimate of drug-likeness (QED) is 0.604. The molecular weight excluding hydrogens is 238 g/mol. The van der Waals surface area contributed by atoms with Gasteiger partial charge >= 0.3 is 0 Å². The molecule has 0 spiro atoms. The molecule has 1 unspecified atom stereocenters. The van der Waals surface area contributed by atoms with Crippen LogP contribution in [0.25, 0.3) is 0 Å². The summed E-state index contributed by atoms with van der Waals surface area (Å²) in [6, 6.07) is 11.0. The number of unbranched alkanes of at least 4 members (excludes halogenated alkanes) is 2. The fraction of sp³-hybridized carbons (Fsp3) is 0.625. The first-order valence-electron chi connectivity index (χ1n) is 7.35. The van der Waals surface area contributed by atoms with E-state index >= 15 is 0 Å². The van der Waals surface area contributed by atoms with Crippen molar-refractivity contribution in [1.82, 2.24) is 5.32 Å². The van der Waals surface area contributed by atoms with Crippen LogP contribution in [0.5, 0.6) is 0 Å². The third kappa shape index (κ3) is 7.31. The number of nitrogens with one attached hydrogen (secondary N) is 1. The van der Waals surface area contributed by atoms with Gasteiger partial charge in [-0.05, 0) is 12.0 Å². The SMILES string of the molecule is CCCCCC(NCCOCCO)c1ccccc1. The van der Waals surface area contributed by atoms with Gasteiger partial charge in [0.2, 0.25) is 0 Å². The van der Waals surface area contributed by atoms with Crippen LogP contribution in [0.3, 0.4) is 0 Å². The smallest absolute Gasteiger partial charge is 0.0698 e. The Hall–Kier alpha value is -0.900. The van der Waals surface area contributed by atoms with Crippen molar-refractivity contribution in [3.05, 3.63) is 35.9 Å². The first kappa shape index (κ1) is 16.2. The van der Waals surface area contributed by atoms with Crippen molar-refractivity contribution in [2.75, 3.05) is 26.4 Å². The van der Waals surface area contributed by atoms with E-state index in [1.165, 1.54) is 24.8 Å². The van der Waals surface area contributed by atoms with Crippen LogP contribution in [0.15, 0.2) is 30.3 Å². The van der Waals surface area contributed by atoms with Crippen LogP contribution in [0.1, 0.15) is 44.2 Å². The van der Waals surface area contributed by atoms with Gasteiger partial charge in [0.25, 0.3) is 0 Å². The molecule has 0 amide bonds. The first-order chi connectivity index (χ1) is 9.38. The van der Waals surface area contributed by atoms with Crippen molar-refractivity contribution in [3.8, 4) is 0 Å². The van der Waals surface area contributed by atoms with Crippen molar-refractivity contribution < 1.29 is 9.84 Å². The molecule has 1 atom stereocenters. The van der Waals surface area contributed by atoms with Crippen LogP contribution in [0.4, 0.5) is 0 Å². The lowest BCUT2D eigenvalue weighted by Crippen LogP contribution is -2.25. The number of ether oxygens (including phenoxy) is 1. The van der Waals surface area contributed by atoms with Crippen molar-refractivity contribution in [2.24, 2.45) is 0 Å². The third-order valence-electron chi connectivity index (χ3n) is 3.17. The van der Waals surface area contributed by atoms with E-state index < -0.39 is 0 Å². The standard InChI is InChI=1S/C16H27NO2/c1-2-3-5-10-16(15-8-6-4-7-9-15)17-11-13-19-14-12-18/h4,6-9,16-18H,2-3,5,10-14H2,1H3. The summed E-state index contributed by atoms with van der Waals surface area (Å²) < 4.78 is 5.28. The molecule has 1 aromatic carbocycles. The second-order valence-electron chi connectivity index (χ2n) is 4.75. The number of aliphatic hydroxyl groups is 1. The predicted molar refractivity (Wildman–Crippen MR) is 79.2 cm³/mol. The highest BCUT2D eigenvalue weighted by atomic mass is 16.5. The molecule has 0 aromatic heterocycles. The molecule has 19 heavy (non-hydrogen) atoms. The Balaban J connectivity index is 2.36. The fourth-order valence-corrected chi connectivity index (χ4v) is 2.14. The zero-order valence-electron chi connectivity index (χ0n) is 12.0. The van der Waals surface area contributed by atoms with Crippen molar-refractivity contribution in [2.45, 2.75) is 38.6 Å². The maximum atomic E-state index is 8.65. The highest BCUT2D eigenvalue weighted by Gasteiger charge is 2.09. The van der Waals surface area contributed by atoms with Crippen molar-refractivity contribution >= 4 is 0 Å². The average molecular weight is 265 g/mol. The largest absolute Gasteiger partial charge is 0.394 e. The van der Waals surface area contributed by atoms with Gasteiger partial charge in [-0.1, -0.05) is 56.5 Å². The van der Waals surface area contributed by atoms with Crippen LogP contribution < -0.4 is 5.32 Å². The van der Waals surface area contributed by atoms with E-state index in [1.54, 1.807) is 0 Å². The monoisotopic (exact) mass is 265 g/mol. The molecule has 0 bridgehead atoms. The summed E-state index contributed by atoms with van der Waals surface area (Å²) in [7, 11) is 0. The fourth-order valence-electron chi connectivity index (χ4n) is 2.14. The summed E-state index contributed by atoms with van der Waals surface area (Å²) in [5.74, 6) is 0. The molecule has 0 aliphatic carbocycles. The van der Waals surface area contributed by atoms with Crippen molar-refractivity contribution in [3.63, 3.8) is 0 Å². The molecule has 108 valence electrons. The van der Waals surface area contributed by atoms with Gasteiger partial charge in [-0.25, -0.2) is 0 Å². The van der Waals surface area contributed by atoms with Gasteiger partial charge < -0.3 is 15.2 Å². The summed E-state index contributed by atoms with van der Waals surface area (Å²) in [6.45, 7) is 4.23. The van der Waals surface area contributed by atoms with Gasteiger partial charge in [-0.15, -0.1) is 0 Å². The minimum atomic E-state index is 0.0958. The zero-order chi connectivity index (χ0) is 13.8. The second-order valence-corrected chi connectivity index (χ2v) is 4.75. The van der Waals surface area contributed by atoms with E-state index in [2.05, 4.69) is 42.6 Å². The molecule has 2 N–H and O–H groups in total. The van der Waals surface area contributed by atoms with E-state index in [4.69, 9.17) is 9.84 Å². The minimum Gasteiger partial charge on any atom is -0.394 e. The Bertz CT molecular complexity index is 303. The Labute approximate surface area is 117 Å². The number of rotatable bonds is 11. The van der Waals surface area contributed by atoms with Crippen LogP contribution >= 0.6 is 0 Å². The molecule has 0 aliphatic heterocycles. The predicted octanol–water partition coefficient (Wildman–Crippen LogP) is 2.91. The molecule has 0 saturated carbocycles. The van der Waals surface area contributed by atoms with Crippen LogP contribution in [0, 0.1) is 0 Å². The van der Waals surface area contributed by atoms with E-state index in [9.17, 15) is 0 Å². The Morgan fingerprint density at radius 1 is 1.16 bits per heavy atom. The lowest BCUT2D eigenvalue weighted by molar-refractivity contribution is 0.0923. The third-order valence-corrected chi connectivity index (χ3v) is 3.17. The van der Waals surface area contributed by atoms with Gasteiger partial charge in [0.1, 0.15) is 0 Å². The second kappa shape index (κ2) is 11.0. The molecule has 0 aliphatic rings. The summed E-state index contributed by atoms with van der Waals surface area (Å²) in [6.07, 6.45) is 4.95. The average Bonchev–Trinajstić information content (AvgIpc) is 2.46. The molecule has 3 nitrogen and oxygen atoms in total. The Kier molecular flexibility index (Phi) is 9.33. The molecule has 0 heterocycles.